The summed E-state index contributed by atoms with van der Waals surface area (Å²) in [5.41, 5.74) is -0.359. The molecule has 3 atom stereocenters. The van der Waals surface area contributed by atoms with Gasteiger partial charge in [-0.15, -0.1) is 0 Å². The number of amides is 1. The molecule has 1 saturated heterocycles. The van der Waals surface area contributed by atoms with Gasteiger partial charge >= 0.3 is 0 Å². The van der Waals surface area contributed by atoms with Gasteiger partial charge in [-0.05, 0) is 82.2 Å². The molecule has 3 rings (SSSR count). The first-order valence-electron chi connectivity index (χ1n) is 14.2. The van der Waals surface area contributed by atoms with Crippen molar-refractivity contribution in [1.29, 1.82) is 0 Å². The number of rotatable bonds is 15. The van der Waals surface area contributed by atoms with Gasteiger partial charge in [0.1, 0.15) is 11.5 Å². The third-order valence-electron chi connectivity index (χ3n) is 7.58. The number of aromatic nitrogens is 1. The van der Waals surface area contributed by atoms with Gasteiger partial charge in [-0.25, -0.2) is 0 Å². The molecule has 0 bridgehead atoms. The number of nitrogens with one attached hydrogen (secondary N) is 1. The molecule has 2 N–H and O–H groups in total. The zero-order chi connectivity index (χ0) is 27.4. The number of benzene rings is 1. The smallest absolute Gasteiger partial charge is 0.222 e. The van der Waals surface area contributed by atoms with Crippen molar-refractivity contribution < 1.29 is 19.4 Å². The van der Waals surface area contributed by atoms with Crippen molar-refractivity contribution >= 4 is 5.91 Å². The second kappa shape index (κ2) is 15.2. The number of carbonyl (C=O) groups is 1. The predicted octanol–water partition coefficient (Wildman–Crippen LogP) is 5.39. The molecule has 1 aliphatic heterocycles. The van der Waals surface area contributed by atoms with Gasteiger partial charge in [0.25, 0.3) is 0 Å². The van der Waals surface area contributed by atoms with Crippen LogP contribution in [0, 0.1) is 17.8 Å². The van der Waals surface area contributed by atoms with E-state index in [0.29, 0.717) is 49.3 Å². The van der Waals surface area contributed by atoms with Crippen LogP contribution in [0.4, 0.5) is 0 Å². The number of aliphatic hydroxyl groups is 1. The molecule has 2 aromatic rings. The van der Waals surface area contributed by atoms with Crippen molar-refractivity contribution in [3.05, 3.63) is 54.4 Å². The Morgan fingerprint density at radius 3 is 2.76 bits per heavy atom. The van der Waals surface area contributed by atoms with Crippen LogP contribution in [0.3, 0.4) is 0 Å². The fraction of sp³-hybridized carbons (Fsp3) is 0.613. The van der Waals surface area contributed by atoms with E-state index in [2.05, 4.69) is 24.1 Å². The molecule has 7 heteroatoms. The van der Waals surface area contributed by atoms with Crippen LogP contribution in [0.15, 0.2) is 48.8 Å². The van der Waals surface area contributed by atoms with Crippen LogP contribution in [0.2, 0.25) is 0 Å². The normalized spacial score (nSPS) is 18.3. The van der Waals surface area contributed by atoms with Gasteiger partial charge in [0.05, 0.1) is 11.8 Å². The lowest BCUT2D eigenvalue weighted by atomic mass is 9.73. The first-order chi connectivity index (χ1) is 18.4. The standard InChI is InChI=1S/C31H47N3O4/c1-24(2)19-25(21-32-3)20-30(35)34-17-10-11-26(23-34)31(36,15-7-8-18-37-4)28-13-5-6-14-29(28)38-27-12-9-16-33-22-27/h5-6,9,12-14,16,22,24-26,32,36H,7-8,10-11,15,17-21,23H2,1-4H3/t25-,26-,31+/m1/s1. The molecule has 0 unspecified atom stereocenters. The Kier molecular flexibility index (Phi) is 12.0. The monoisotopic (exact) mass is 525 g/mol. The molecule has 0 aliphatic carbocycles. The van der Waals surface area contributed by atoms with Crippen LogP contribution in [0.1, 0.15) is 64.4 Å². The minimum atomic E-state index is -1.13. The van der Waals surface area contributed by atoms with Crippen molar-refractivity contribution in [2.75, 3.05) is 40.4 Å². The first kappa shape index (κ1) is 30.1. The zero-order valence-electron chi connectivity index (χ0n) is 23.7. The third kappa shape index (κ3) is 8.52. The Hall–Kier alpha value is -2.48. The van der Waals surface area contributed by atoms with E-state index in [9.17, 15) is 9.90 Å². The lowest BCUT2D eigenvalue weighted by Gasteiger charge is -2.43. The number of piperidine rings is 1. The molecule has 0 radical (unpaired) electrons. The van der Waals surface area contributed by atoms with Crippen molar-refractivity contribution in [2.24, 2.45) is 17.8 Å². The summed E-state index contributed by atoms with van der Waals surface area (Å²) in [6.45, 7) is 7.20. The van der Waals surface area contributed by atoms with Crippen LogP contribution in [0.5, 0.6) is 11.5 Å². The molecule has 1 amide bonds. The highest BCUT2D eigenvalue weighted by Gasteiger charge is 2.43. The molecule has 38 heavy (non-hydrogen) atoms. The minimum Gasteiger partial charge on any atom is -0.455 e. The lowest BCUT2D eigenvalue weighted by Crippen LogP contribution is -2.48. The van der Waals surface area contributed by atoms with E-state index in [1.165, 1.54) is 0 Å². The molecular weight excluding hydrogens is 478 g/mol. The zero-order valence-corrected chi connectivity index (χ0v) is 23.7. The summed E-state index contributed by atoms with van der Waals surface area (Å²) in [5.74, 6) is 2.22. The molecule has 1 aromatic carbocycles. The highest BCUT2D eigenvalue weighted by atomic mass is 16.5. The van der Waals surface area contributed by atoms with Gasteiger partial charge in [-0.3, -0.25) is 9.78 Å². The topological polar surface area (TPSA) is 83.9 Å². The maximum atomic E-state index is 13.4. The average molecular weight is 526 g/mol. The van der Waals surface area contributed by atoms with E-state index in [-0.39, 0.29) is 11.8 Å². The van der Waals surface area contributed by atoms with Gasteiger partial charge in [0, 0.05) is 50.9 Å². The van der Waals surface area contributed by atoms with Gasteiger partial charge in [0.15, 0.2) is 0 Å². The largest absolute Gasteiger partial charge is 0.455 e. The Morgan fingerprint density at radius 1 is 1.24 bits per heavy atom. The number of para-hydroxylation sites is 1. The minimum absolute atomic E-state index is 0.0887. The summed E-state index contributed by atoms with van der Waals surface area (Å²) in [6.07, 6.45) is 8.93. The molecule has 0 saturated carbocycles. The quantitative estimate of drug-likeness (QED) is 0.304. The van der Waals surface area contributed by atoms with Crippen LogP contribution in [-0.2, 0) is 15.1 Å². The van der Waals surface area contributed by atoms with Gasteiger partial charge in [-0.2, -0.15) is 0 Å². The maximum absolute atomic E-state index is 13.4. The fourth-order valence-electron chi connectivity index (χ4n) is 5.81. The van der Waals surface area contributed by atoms with E-state index in [0.717, 1.165) is 50.8 Å². The highest BCUT2D eigenvalue weighted by Crippen LogP contribution is 2.44. The number of hydrogen-bond acceptors (Lipinski definition) is 6. The number of nitrogens with zero attached hydrogens (tertiary/aromatic N) is 2. The van der Waals surface area contributed by atoms with E-state index in [4.69, 9.17) is 9.47 Å². The second-order valence-electron chi connectivity index (χ2n) is 11.1. The second-order valence-corrected chi connectivity index (χ2v) is 11.1. The Labute approximate surface area is 228 Å². The molecule has 0 spiro atoms. The first-order valence-corrected chi connectivity index (χ1v) is 14.2. The summed E-state index contributed by atoms with van der Waals surface area (Å²) in [7, 11) is 3.65. The van der Waals surface area contributed by atoms with Gasteiger partial charge < -0.3 is 24.8 Å². The number of pyridine rings is 1. The molecule has 2 heterocycles. The number of unbranched alkanes of at least 4 members (excludes halogenated alkanes) is 1. The number of hydrogen-bond donors (Lipinski definition) is 2. The van der Waals surface area contributed by atoms with E-state index in [1.54, 1.807) is 19.5 Å². The van der Waals surface area contributed by atoms with Crippen LogP contribution in [-0.4, -0.2) is 61.3 Å². The fourth-order valence-corrected chi connectivity index (χ4v) is 5.81. The molecular formula is C31H47N3O4. The van der Waals surface area contributed by atoms with Crippen LogP contribution >= 0.6 is 0 Å². The SMILES string of the molecule is CNC[C@@H](CC(=O)N1CCC[C@@H]([C@@](O)(CCCCOC)c2ccccc2Oc2cccnc2)C1)CC(C)C. The van der Waals surface area contributed by atoms with Crippen molar-refractivity contribution in [3.8, 4) is 11.5 Å². The molecule has 7 nitrogen and oxygen atoms in total. The molecule has 210 valence electrons. The van der Waals surface area contributed by atoms with Crippen LogP contribution < -0.4 is 10.1 Å². The van der Waals surface area contributed by atoms with Gasteiger partial charge in [-0.1, -0.05) is 32.0 Å². The van der Waals surface area contributed by atoms with Crippen LogP contribution in [0.25, 0.3) is 0 Å². The molecule has 1 fully saturated rings. The van der Waals surface area contributed by atoms with Crippen molar-refractivity contribution in [1.82, 2.24) is 15.2 Å². The van der Waals surface area contributed by atoms with Gasteiger partial charge in [0.2, 0.25) is 5.91 Å². The number of ether oxygens (including phenoxy) is 2. The van der Waals surface area contributed by atoms with Crippen molar-refractivity contribution in [3.63, 3.8) is 0 Å². The molecule has 1 aromatic heterocycles. The summed E-state index contributed by atoms with van der Waals surface area (Å²) in [6, 6.07) is 11.4. The maximum Gasteiger partial charge on any atom is 0.222 e. The van der Waals surface area contributed by atoms with Crippen molar-refractivity contribution in [2.45, 2.75) is 64.4 Å². The van der Waals surface area contributed by atoms with E-state index in [1.807, 2.05) is 48.3 Å². The highest BCUT2D eigenvalue weighted by molar-refractivity contribution is 5.76. The third-order valence-corrected chi connectivity index (χ3v) is 7.58. The Bertz CT molecular complexity index is 971. The van der Waals surface area contributed by atoms with E-state index >= 15 is 0 Å². The molecule has 1 aliphatic rings. The summed E-state index contributed by atoms with van der Waals surface area (Å²) < 4.78 is 11.5. The summed E-state index contributed by atoms with van der Waals surface area (Å²) >= 11 is 0. The summed E-state index contributed by atoms with van der Waals surface area (Å²) in [4.78, 5) is 19.6. The predicted molar refractivity (Wildman–Crippen MR) is 151 cm³/mol. The summed E-state index contributed by atoms with van der Waals surface area (Å²) in [5, 5.41) is 15.7. The Morgan fingerprint density at radius 2 is 2.05 bits per heavy atom. The number of likely N-dealkylation sites (tertiary alicyclic amines) is 1. The average Bonchev–Trinajstić information content (AvgIpc) is 2.92. The van der Waals surface area contributed by atoms with E-state index < -0.39 is 5.60 Å². The lowest BCUT2D eigenvalue weighted by molar-refractivity contribution is -0.138. The number of carbonyl (C=O) groups excluding carboxylic acids is 1. The number of methoxy groups -OCH3 is 1. The Balaban J connectivity index is 1.84.